The monoisotopic (exact) mass is 413 g/mol. The lowest BCUT2D eigenvalue weighted by Gasteiger charge is -2.28. The van der Waals surface area contributed by atoms with Gasteiger partial charge >= 0.3 is 0 Å². The molecule has 1 aliphatic heterocycles. The average Bonchev–Trinajstić information content (AvgIpc) is 3.04. The number of anilines is 1. The van der Waals surface area contributed by atoms with E-state index in [0.717, 1.165) is 6.42 Å². The zero-order chi connectivity index (χ0) is 14.9. The molecule has 1 heterocycles. The number of carbonyl (C=O) groups excluding carboxylic acids is 2. The molecule has 1 N–H and O–H groups in total. The number of benzene rings is 1. The van der Waals surface area contributed by atoms with Gasteiger partial charge in [0.25, 0.3) is 0 Å². The molecule has 2 amide bonds. The highest BCUT2D eigenvalue weighted by Gasteiger charge is 2.66. The summed E-state index contributed by atoms with van der Waals surface area (Å²) in [6.45, 7) is 0. The van der Waals surface area contributed by atoms with Gasteiger partial charge in [-0.05, 0) is 30.4 Å². The smallest absolute Gasteiger partial charge is 0.238 e. The number of aromatic hydroxyl groups is 1. The molecule has 6 atom stereocenters. The number of carbonyl (C=O) groups is 2. The molecule has 2 bridgehead atoms. The van der Waals surface area contributed by atoms with Crippen molar-refractivity contribution in [2.75, 3.05) is 4.90 Å². The predicted octanol–water partition coefficient (Wildman–Crippen LogP) is 2.67. The lowest BCUT2D eigenvalue weighted by Crippen LogP contribution is -2.37. The first kappa shape index (κ1) is 13.8. The SMILES string of the molecule is O=C1[C@H]2[C@@H]3C[C@H]([C@@H](Br)[C@H]3Br)[C@@H]2C(=O)N1c1cccc(O)c1. The molecule has 2 saturated carbocycles. The van der Waals surface area contributed by atoms with Crippen LogP contribution in [0.1, 0.15) is 6.42 Å². The summed E-state index contributed by atoms with van der Waals surface area (Å²) in [6, 6.07) is 6.34. The minimum absolute atomic E-state index is 0.0601. The van der Waals surface area contributed by atoms with E-state index in [1.54, 1.807) is 12.1 Å². The van der Waals surface area contributed by atoms with Crippen molar-refractivity contribution < 1.29 is 14.7 Å². The van der Waals surface area contributed by atoms with Gasteiger partial charge in [0.2, 0.25) is 11.8 Å². The molecule has 3 aliphatic rings. The molecule has 4 nitrogen and oxygen atoms in total. The van der Waals surface area contributed by atoms with E-state index in [1.165, 1.54) is 17.0 Å². The number of hydrogen-bond donors (Lipinski definition) is 1. The molecule has 1 aromatic rings. The highest BCUT2D eigenvalue weighted by Crippen LogP contribution is 2.60. The summed E-state index contributed by atoms with van der Waals surface area (Å²) < 4.78 is 0. The summed E-state index contributed by atoms with van der Waals surface area (Å²) in [4.78, 5) is 27.2. The molecular weight excluding hydrogens is 402 g/mol. The first-order valence-corrected chi connectivity index (χ1v) is 8.79. The minimum atomic E-state index is -0.219. The topological polar surface area (TPSA) is 57.6 Å². The minimum Gasteiger partial charge on any atom is -0.508 e. The lowest BCUT2D eigenvalue weighted by molar-refractivity contribution is -0.123. The predicted molar refractivity (Wildman–Crippen MR) is 84.6 cm³/mol. The van der Waals surface area contributed by atoms with E-state index < -0.39 is 0 Å². The van der Waals surface area contributed by atoms with Crippen molar-refractivity contribution in [3.8, 4) is 5.75 Å². The molecule has 0 unspecified atom stereocenters. The van der Waals surface area contributed by atoms with Crippen molar-refractivity contribution in [2.45, 2.75) is 16.1 Å². The molecule has 0 aromatic heterocycles. The zero-order valence-corrected chi connectivity index (χ0v) is 14.1. The van der Waals surface area contributed by atoms with Gasteiger partial charge in [0.1, 0.15) is 5.75 Å². The Bertz CT molecular complexity index is 618. The van der Waals surface area contributed by atoms with E-state index in [1.807, 2.05) is 0 Å². The van der Waals surface area contributed by atoms with Crippen molar-refractivity contribution in [3.63, 3.8) is 0 Å². The average molecular weight is 415 g/mol. The van der Waals surface area contributed by atoms with Crippen molar-refractivity contribution in [1.82, 2.24) is 0 Å². The van der Waals surface area contributed by atoms with Crippen molar-refractivity contribution in [3.05, 3.63) is 24.3 Å². The van der Waals surface area contributed by atoms with Crippen LogP contribution < -0.4 is 4.90 Å². The van der Waals surface area contributed by atoms with Gasteiger partial charge in [-0.3, -0.25) is 9.59 Å². The number of phenolic OH excluding ortho intramolecular Hbond substituents is 1. The summed E-state index contributed by atoms with van der Waals surface area (Å²) in [5.41, 5.74) is 0.469. The summed E-state index contributed by atoms with van der Waals surface area (Å²) in [7, 11) is 0. The summed E-state index contributed by atoms with van der Waals surface area (Å²) in [6.07, 6.45) is 0.923. The van der Waals surface area contributed by atoms with E-state index in [4.69, 9.17) is 0 Å². The molecule has 1 saturated heterocycles. The number of halogens is 2. The number of alkyl halides is 2. The van der Waals surface area contributed by atoms with Gasteiger partial charge in [-0.25, -0.2) is 4.90 Å². The first-order valence-electron chi connectivity index (χ1n) is 6.95. The van der Waals surface area contributed by atoms with E-state index in [-0.39, 0.29) is 50.9 Å². The van der Waals surface area contributed by atoms with E-state index in [2.05, 4.69) is 31.9 Å². The van der Waals surface area contributed by atoms with Crippen LogP contribution in [0.25, 0.3) is 0 Å². The number of hydrogen-bond acceptors (Lipinski definition) is 3. The molecule has 3 fully saturated rings. The van der Waals surface area contributed by atoms with E-state index >= 15 is 0 Å². The Morgan fingerprint density at radius 1 is 1.05 bits per heavy atom. The number of fused-ring (bicyclic) bond motifs is 5. The highest BCUT2D eigenvalue weighted by molar-refractivity contribution is 9.12. The third kappa shape index (κ3) is 1.72. The Kier molecular flexibility index (Phi) is 2.99. The summed E-state index contributed by atoms with van der Waals surface area (Å²) >= 11 is 7.33. The van der Waals surface area contributed by atoms with Crippen molar-refractivity contribution >= 4 is 49.4 Å². The van der Waals surface area contributed by atoms with Gasteiger partial charge in [0.05, 0.1) is 17.5 Å². The maximum Gasteiger partial charge on any atom is 0.238 e. The standard InChI is InChI=1S/C15H13Br2NO3/c16-12-8-5-9(13(12)17)11-10(8)14(20)18(15(11)21)6-2-1-3-7(19)4-6/h1-4,8-13,19H,5H2/t8-,9-,10-,11-,12-,13+/m0/s1. The van der Waals surface area contributed by atoms with Crippen molar-refractivity contribution in [1.29, 1.82) is 0 Å². The van der Waals surface area contributed by atoms with Crippen LogP contribution in [-0.4, -0.2) is 26.6 Å². The Morgan fingerprint density at radius 3 is 2.14 bits per heavy atom. The van der Waals surface area contributed by atoms with Gasteiger partial charge in [-0.2, -0.15) is 0 Å². The van der Waals surface area contributed by atoms with Crippen LogP contribution in [0, 0.1) is 23.7 Å². The molecular formula is C15H13Br2NO3. The Morgan fingerprint density at radius 2 is 1.62 bits per heavy atom. The molecule has 2 aliphatic carbocycles. The Hall–Kier alpha value is -0.880. The quantitative estimate of drug-likeness (QED) is 0.567. The second-order valence-corrected chi connectivity index (χ2v) is 8.15. The van der Waals surface area contributed by atoms with Gasteiger partial charge < -0.3 is 5.11 Å². The fraction of sp³-hybridized carbons (Fsp3) is 0.467. The van der Waals surface area contributed by atoms with Crippen LogP contribution >= 0.6 is 31.9 Å². The van der Waals surface area contributed by atoms with Gasteiger partial charge in [0, 0.05) is 15.7 Å². The summed E-state index contributed by atoms with van der Waals surface area (Å²) in [5, 5.41) is 9.59. The number of amides is 2. The second-order valence-electron chi connectivity index (χ2n) is 6.04. The molecule has 0 spiro atoms. The van der Waals surface area contributed by atoms with Crippen LogP contribution in [-0.2, 0) is 9.59 Å². The lowest BCUT2D eigenvalue weighted by atomic mass is 9.81. The summed E-state index contributed by atoms with van der Waals surface area (Å²) in [5.74, 6) is -0.193. The highest BCUT2D eigenvalue weighted by atomic mass is 79.9. The van der Waals surface area contributed by atoms with Gasteiger partial charge in [-0.15, -0.1) is 0 Å². The maximum absolute atomic E-state index is 12.7. The number of imide groups is 1. The largest absolute Gasteiger partial charge is 0.508 e. The Labute approximate surface area is 138 Å². The third-order valence-corrected chi connectivity index (χ3v) is 8.28. The van der Waals surface area contributed by atoms with E-state index in [9.17, 15) is 14.7 Å². The first-order chi connectivity index (χ1) is 10.0. The van der Waals surface area contributed by atoms with Crippen LogP contribution in [0.4, 0.5) is 5.69 Å². The fourth-order valence-corrected chi connectivity index (χ4v) is 6.11. The molecule has 0 radical (unpaired) electrons. The molecule has 6 heteroatoms. The van der Waals surface area contributed by atoms with Crippen LogP contribution in [0.5, 0.6) is 5.75 Å². The number of rotatable bonds is 1. The van der Waals surface area contributed by atoms with Crippen LogP contribution in [0.3, 0.4) is 0 Å². The van der Waals surface area contributed by atoms with Crippen molar-refractivity contribution in [2.24, 2.45) is 23.7 Å². The van der Waals surface area contributed by atoms with Crippen LogP contribution in [0.2, 0.25) is 0 Å². The van der Waals surface area contributed by atoms with Gasteiger partial charge in [0.15, 0.2) is 0 Å². The Balaban J connectivity index is 1.75. The second kappa shape index (κ2) is 4.56. The van der Waals surface area contributed by atoms with E-state index in [0.29, 0.717) is 5.69 Å². The fourth-order valence-electron chi connectivity index (χ4n) is 4.24. The zero-order valence-electron chi connectivity index (χ0n) is 10.9. The van der Waals surface area contributed by atoms with Crippen LogP contribution in [0.15, 0.2) is 24.3 Å². The molecule has 1 aromatic carbocycles. The molecule has 4 rings (SSSR count). The molecule has 21 heavy (non-hydrogen) atoms. The third-order valence-electron chi connectivity index (χ3n) is 5.08. The normalized spacial score (nSPS) is 41.0. The maximum atomic E-state index is 12.7. The number of nitrogens with zero attached hydrogens (tertiary/aromatic N) is 1. The van der Waals surface area contributed by atoms with Gasteiger partial charge in [-0.1, -0.05) is 37.9 Å². The molecule has 110 valence electrons. The number of phenols is 1.